The molecule has 0 fully saturated rings. The summed E-state index contributed by atoms with van der Waals surface area (Å²) in [6.07, 6.45) is -0.176. The summed E-state index contributed by atoms with van der Waals surface area (Å²) in [6, 6.07) is 2.40. The van der Waals surface area contributed by atoms with Crippen LogP contribution in [-0.4, -0.2) is 30.0 Å². The molecule has 0 saturated carbocycles. The first-order chi connectivity index (χ1) is 10.4. The standard InChI is InChI=1S/C13H17ClN2O6S/c1-8-6-9(16(19)20)12(14)10(7-8)23(21,22)15-13(2,3)5-4-11(17)18/h6-7,15H,4-5H2,1-3H3,(H,17,18). The van der Waals surface area contributed by atoms with Crippen LogP contribution >= 0.6 is 11.6 Å². The fraction of sp³-hybridized carbons (Fsp3) is 0.462. The third-order valence-corrected chi connectivity index (χ3v) is 5.26. The molecule has 0 radical (unpaired) electrons. The zero-order valence-electron chi connectivity index (χ0n) is 12.8. The van der Waals surface area contributed by atoms with Gasteiger partial charge in [0.1, 0.15) is 9.92 Å². The van der Waals surface area contributed by atoms with Crippen LogP contribution in [0, 0.1) is 17.0 Å². The lowest BCUT2D eigenvalue weighted by atomic mass is 10.0. The molecule has 10 heteroatoms. The molecule has 1 aromatic rings. The zero-order chi connectivity index (χ0) is 18.0. The molecule has 0 unspecified atom stereocenters. The van der Waals surface area contributed by atoms with Crippen LogP contribution < -0.4 is 4.72 Å². The summed E-state index contributed by atoms with van der Waals surface area (Å²) >= 11 is 5.86. The van der Waals surface area contributed by atoms with Crippen LogP contribution in [0.25, 0.3) is 0 Å². The van der Waals surface area contributed by atoms with E-state index in [1.807, 2.05) is 0 Å². The Morgan fingerprint density at radius 3 is 2.48 bits per heavy atom. The van der Waals surface area contributed by atoms with E-state index in [0.717, 1.165) is 0 Å². The second kappa shape index (κ2) is 6.81. The van der Waals surface area contributed by atoms with Gasteiger partial charge in [0.25, 0.3) is 5.69 Å². The SMILES string of the molecule is Cc1cc([N+](=O)[O-])c(Cl)c(S(=O)(=O)NC(C)(C)CCC(=O)O)c1. The highest BCUT2D eigenvalue weighted by Crippen LogP contribution is 2.33. The number of nitro groups is 1. The molecule has 128 valence electrons. The lowest BCUT2D eigenvalue weighted by Gasteiger charge is -2.25. The number of rotatable bonds is 7. The van der Waals surface area contributed by atoms with Gasteiger partial charge in [-0.3, -0.25) is 14.9 Å². The highest BCUT2D eigenvalue weighted by atomic mass is 35.5. The van der Waals surface area contributed by atoms with Crippen molar-refractivity contribution in [3.63, 3.8) is 0 Å². The Morgan fingerprint density at radius 2 is 2.00 bits per heavy atom. The molecule has 23 heavy (non-hydrogen) atoms. The fourth-order valence-electron chi connectivity index (χ4n) is 1.93. The Hall–Kier alpha value is -1.71. The van der Waals surface area contributed by atoms with Crippen molar-refractivity contribution in [1.82, 2.24) is 4.72 Å². The molecule has 2 N–H and O–H groups in total. The van der Waals surface area contributed by atoms with Gasteiger partial charge in [-0.2, -0.15) is 0 Å². The number of halogens is 1. The topological polar surface area (TPSA) is 127 Å². The van der Waals surface area contributed by atoms with Gasteiger partial charge in [-0.15, -0.1) is 0 Å². The number of carboxylic acids is 1. The van der Waals surface area contributed by atoms with Crippen LogP contribution in [-0.2, 0) is 14.8 Å². The minimum absolute atomic E-state index is 0.0487. The Morgan fingerprint density at radius 1 is 1.43 bits per heavy atom. The van der Waals surface area contributed by atoms with Crippen molar-refractivity contribution in [2.45, 2.75) is 44.0 Å². The van der Waals surface area contributed by atoms with Crippen molar-refractivity contribution >= 4 is 33.3 Å². The molecular weight excluding hydrogens is 348 g/mol. The molecule has 0 spiro atoms. The van der Waals surface area contributed by atoms with Crippen molar-refractivity contribution < 1.29 is 23.2 Å². The molecule has 0 aliphatic carbocycles. The third kappa shape index (κ3) is 5.15. The lowest BCUT2D eigenvalue weighted by molar-refractivity contribution is -0.385. The summed E-state index contributed by atoms with van der Waals surface area (Å²) < 4.78 is 27.3. The average molecular weight is 365 g/mol. The minimum Gasteiger partial charge on any atom is -0.481 e. The monoisotopic (exact) mass is 364 g/mol. The maximum absolute atomic E-state index is 12.5. The van der Waals surface area contributed by atoms with Gasteiger partial charge in [-0.1, -0.05) is 11.6 Å². The number of aliphatic carboxylic acids is 1. The average Bonchev–Trinajstić information content (AvgIpc) is 2.37. The first-order valence-electron chi connectivity index (χ1n) is 6.56. The Balaban J connectivity index is 3.24. The highest BCUT2D eigenvalue weighted by molar-refractivity contribution is 7.89. The van der Waals surface area contributed by atoms with Gasteiger partial charge in [0.2, 0.25) is 10.0 Å². The number of hydrogen-bond donors (Lipinski definition) is 2. The van der Waals surface area contributed by atoms with Crippen LogP contribution in [0.4, 0.5) is 5.69 Å². The molecule has 0 saturated heterocycles. The molecule has 0 aliphatic heterocycles. The number of sulfonamides is 1. The molecule has 8 nitrogen and oxygen atoms in total. The number of benzene rings is 1. The van der Waals surface area contributed by atoms with Crippen molar-refractivity contribution in [3.8, 4) is 0 Å². The molecule has 0 bridgehead atoms. The van der Waals surface area contributed by atoms with E-state index in [0.29, 0.717) is 5.56 Å². The number of aryl methyl sites for hydroxylation is 1. The Labute approximate surface area is 138 Å². The summed E-state index contributed by atoms with van der Waals surface area (Å²) in [7, 11) is -4.15. The van der Waals surface area contributed by atoms with E-state index >= 15 is 0 Å². The summed E-state index contributed by atoms with van der Waals surface area (Å²) in [5.74, 6) is -1.05. The van der Waals surface area contributed by atoms with Crippen LogP contribution in [0.15, 0.2) is 17.0 Å². The van der Waals surface area contributed by atoms with Crippen LogP contribution in [0.2, 0.25) is 5.02 Å². The van der Waals surface area contributed by atoms with Gasteiger partial charge in [-0.25, -0.2) is 13.1 Å². The Kier molecular flexibility index (Phi) is 5.73. The van der Waals surface area contributed by atoms with Crippen molar-refractivity contribution in [2.75, 3.05) is 0 Å². The normalized spacial score (nSPS) is 12.2. The Bertz CT molecular complexity index is 745. The van der Waals surface area contributed by atoms with Crippen molar-refractivity contribution in [1.29, 1.82) is 0 Å². The number of carbonyl (C=O) groups is 1. The van der Waals surface area contributed by atoms with Crippen molar-refractivity contribution in [2.24, 2.45) is 0 Å². The number of nitrogens with one attached hydrogen (secondary N) is 1. The van der Waals surface area contributed by atoms with E-state index in [2.05, 4.69) is 4.72 Å². The second-order valence-electron chi connectivity index (χ2n) is 5.74. The highest BCUT2D eigenvalue weighted by Gasteiger charge is 2.31. The third-order valence-electron chi connectivity index (χ3n) is 3.03. The number of nitro benzene ring substituents is 1. The molecule has 0 atom stereocenters. The van der Waals surface area contributed by atoms with E-state index in [4.69, 9.17) is 16.7 Å². The lowest BCUT2D eigenvalue weighted by Crippen LogP contribution is -2.43. The predicted molar refractivity (Wildman–Crippen MR) is 84.1 cm³/mol. The molecule has 0 heterocycles. The number of hydrogen-bond acceptors (Lipinski definition) is 5. The molecule has 0 amide bonds. The first-order valence-corrected chi connectivity index (χ1v) is 8.42. The number of carboxylic acid groups (broad SMARTS) is 1. The van der Waals surface area contributed by atoms with Crippen LogP contribution in [0.3, 0.4) is 0 Å². The van der Waals surface area contributed by atoms with Crippen molar-refractivity contribution in [3.05, 3.63) is 32.8 Å². The molecule has 0 aliphatic rings. The van der Waals surface area contributed by atoms with Gasteiger partial charge in [0.15, 0.2) is 0 Å². The first kappa shape index (κ1) is 19.3. The van der Waals surface area contributed by atoms with Crippen LogP contribution in [0.5, 0.6) is 0 Å². The quantitative estimate of drug-likeness (QED) is 0.565. The predicted octanol–water partition coefficient (Wildman–Crippen LogP) is 2.48. The van der Waals surface area contributed by atoms with Gasteiger partial charge in [-0.05, 0) is 38.8 Å². The minimum atomic E-state index is -4.15. The molecule has 1 aromatic carbocycles. The van der Waals surface area contributed by atoms with Gasteiger partial charge in [0.05, 0.1) is 4.92 Å². The summed E-state index contributed by atoms with van der Waals surface area (Å²) in [5.41, 5.74) is -1.20. The summed E-state index contributed by atoms with van der Waals surface area (Å²) in [6.45, 7) is 4.55. The molecule has 1 rings (SSSR count). The van der Waals surface area contributed by atoms with E-state index in [-0.39, 0.29) is 12.8 Å². The number of nitrogens with zero attached hydrogens (tertiary/aromatic N) is 1. The van der Waals surface area contributed by atoms with Gasteiger partial charge in [0, 0.05) is 18.0 Å². The summed E-state index contributed by atoms with van der Waals surface area (Å²) in [5, 5.41) is 19.2. The molecule has 0 aromatic heterocycles. The second-order valence-corrected chi connectivity index (χ2v) is 7.77. The van der Waals surface area contributed by atoms with Gasteiger partial charge >= 0.3 is 5.97 Å². The van der Waals surface area contributed by atoms with E-state index in [1.54, 1.807) is 0 Å². The van der Waals surface area contributed by atoms with E-state index in [9.17, 15) is 23.3 Å². The summed E-state index contributed by atoms with van der Waals surface area (Å²) in [4.78, 5) is 20.4. The van der Waals surface area contributed by atoms with E-state index < -0.39 is 42.1 Å². The maximum atomic E-state index is 12.5. The molecular formula is C13H17ClN2O6S. The fourth-order valence-corrected chi connectivity index (χ4v) is 4.04. The van der Waals surface area contributed by atoms with E-state index in [1.165, 1.54) is 32.9 Å². The maximum Gasteiger partial charge on any atom is 0.303 e. The smallest absolute Gasteiger partial charge is 0.303 e. The zero-order valence-corrected chi connectivity index (χ0v) is 14.4. The van der Waals surface area contributed by atoms with Gasteiger partial charge < -0.3 is 5.11 Å². The largest absolute Gasteiger partial charge is 0.481 e. The van der Waals surface area contributed by atoms with Crippen LogP contribution in [0.1, 0.15) is 32.3 Å².